The first kappa shape index (κ1) is 5.92. The van der Waals surface area contributed by atoms with Crippen LogP contribution in [0.3, 0.4) is 0 Å². The molecule has 0 aromatic heterocycles. The maximum Gasteiger partial charge on any atom is 0.233 e. The van der Waals surface area contributed by atoms with Crippen molar-refractivity contribution in [1.82, 2.24) is 4.90 Å². The molecule has 10 heavy (non-hydrogen) atoms. The standard InChI is InChI=1S/C7H9NO2/c1-5-3-8-6(9)2-7(8)10-4-5/h3,7H,2,4H2,1H3. The highest BCUT2D eigenvalue weighted by atomic mass is 16.5. The predicted molar refractivity (Wildman–Crippen MR) is 35.0 cm³/mol. The van der Waals surface area contributed by atoms with Gasteiger partial charge in [0.25, 0.3) is 0 Å². The predicted octanol–water partition coefficient (Wildman–Crippen LogP) is 0.479. The van der Waals surface area contributed by atoms with Crippen molar-refractivity contribution in [3.8, 4) is 0 Å². The molecule has 3 nitrogen and oxygen atoms in total. The van der Waals surface area contributed by atoms with Crippen molar-refractivity contribution < 1.29 is 9.53 Å². The van der Waals surface area contributed by atoms with Crippen LogP contribution in [0.25, 0.3) is 0 Å². The number of ether oxygens (including phenoxy) is 1. The summed E-state index contributed by atoms with van der Waals surface area (Å²) >= 11 is 0. The van der Waals surface area contributed by atoms with Gasteiger partial charge in [-0.15, -0.1) is 0 Å². The van der Waals surface area contributed by atoms with E-state index in [1.807, 2.05) is 13.1 Å². The summed E-state index contributed by atoms with van der Waals surface area (Å²) in [5.41, 5.74) is 1.12. The summed E-state index contributed by atoms with van der Waals surface area (Å²) < 4.78 is 5.30. The van der Waals surface area contributed by atoms with E-state index >= 15 is 0 Å². The summed E-state index contributed by atoms with van der Waals surface area (Å²) in [5.74, 6) is 0.170. The van der Waals surface area contributed by atoms with Crippen LogP contribution < -0.4 is 0 Å². The van der Waals surface area contributed by atoms with Gasteiger partial charge < -0.3 is 4.74 Å². The minimum absolute atomic E-state index is 0.0520. The minimum Gasteiger partial charge on any atom is -0.353 e. The van der Waals surface area contributed by atoms with Gasteiger partial charge in [0.1, 0.15) is 6.23 Å². The number of amides is 1. The van der Waals surface area contributed by atoms with E-state index in [4.69, 9.17) is 4.74 Å². The Kier molecular flexibility index (Phi) is 1.08. The van der Waals surface area contributed by atoms with E-state index in [0.717, 1.165) is 5.57 Å². The third kappa shape index (κ3) is 0.671. The van der Waals surface area contributed by atoms with Gasteiger partial charge in [-0.1, -0.05) is 0 Å². The van der Waals surface area contributed by atoms with Crippen LogP contribution in [-0.4, -0.2) is 23.6 Å². The molecule has 0 aliphatic carbocycles. The van der Waals surface area contributed by atoms with E-state index in [2.05, 4.69) is 0 Å². The molecule has 1 saturated heterocycles. The van der Waals surface area contributed by atoms with Crippen LogP contribution in [0.2, 0.25) is 0 Å². The molecule has 2 heterocycles. The maximum absolute atomic E-state index is 10.8. The fourth-order valence-corrected chi connectivity index (χ4v) is 1.20. The zero-order valence-electron chi connectivity index (χ0n) is 5.83. The van der Waals surface area contributed by atoms with E-state index in [1.165, 1.54) is 0 Å². The summed E-state index contributed by atoms with van der Waals surface area (Å²) in [6.07, 6.45) is 2.49. The van der Waals surface area contributed by atoms with Crippen molar-refractivity contribution in [2.45, 2.75) is 19.6 Å². The highest BCUT2D eigenvalue weighted by Gasteiger charge is 2.37. The summed E-state index contributed by atoms with van der Waals surface area (Å²) in [5, 5.41) is 0. The minimum atomic E-state index is 0.0520. The molecule has 2 aliphatic rings. The summed E-state index contributed by atoms with van der Waals surface area (Å²) in [6, 6.07) is 0. The lowest BCUT2D eigenvalue weighted by atomic mass is 10.1. The molecule has 0 radical (unpaired) electrons. The molecule has 2 rings (SSSR count). The monoisotopic (exact) mass is 139 g/mol. The number of carbonyl (C=O) groups is 1. The lowest BCUT2D eigenvalue weighted by molar-refractivity contribution is -0.167. The molecular weight excluding hydrogens is 130 g/mol. The number of nitrogens with zero attached hydrogens (tertiary/aromatic N) is 1. The van der Waals surface area contributed by atoms with Crippen molar-refractivity contribution in [3.63, 3.8) is 0 Å². The fourth-order valence-electron chi connectivity index (χ4n) is 1.20. The first-order chi connectivity index (χ1) is 4.77. The normalized spacial score (nSPS) is 30.9. The average molecular weight is 139 g/mol. The Morgan fingerprint density at radius 1 is 1.80 bits per heavy atom. The van der Waals surface area contributed by atoms with Crippen LogP contribution in [0, 0.1) is 0 Å². The number of carbonyl (C=O) groups excluding carboxylic acids is 1. The molecule has 54 valence electrons. The summed E-state index contributed by atoms with van der Waals surface area (Å²) in [7, 11) is 0. The van der Waals surface area contributed by atoms with E-state index < -0.39 is 0 Å². The molecule has 0 N–H and O–H groups in total. The van der Waals surface area contributed by atoms with Gasteiger partial charge in [-0.3, -0.25) is 9.69 Å². The maximum atomic E-state index is 10.8. The molecule has 0 aromatic rings. The van der Waals surface area contributed by atoms with Crippen LogP contribution in [0.15, 0.2) is 11.8 Å². The third-order valence-electron chi connectivity index (χ3n) is 1.81. The molecule has 1 unspecified atom stereocenters. The number of hydrogen-bond donors (Lipinski definition) is 0. The van der Waals surface area contributed by atoms with Crippen LogP contribution in [0.5, 0.6) is 0 Å². The van der Waals surface area contributed by atoms with Gasteiger partial charge in [0.15, 0.2) is 0 Å². The van der Waals surface area contributed by atoms with Gasteiger partial charge in [0.2, 0.25) is 5.91 Å². The van der Waals surface area contributed by atoms with Gasteiger partial charge in [-0.2, -0.15) is 0 Å². The number of hydrogen-bond acceptors (Lipinski definition) is 2. The number of rotatable bonds is 0. The summed E-state index contributed by atoms with van der Waals surface area (Å²) in [4.78, 5) is 12.5. The van der Waals surface area contributed by atoms with Crippen molar-refractivity contribution in [3.05, 3.63) is 11.8 Å². The van der Waals surface area contributed by atoms with Gasteiger partial charge in [0.05, 0.1) is 13.0 Å². The second-order valence-corrected chi connectivity index (χ2v) is 2.75. The van der Waals surface area contributed by atoms with Crippen molar-refractivity contribution in [2.24, 2.45) is 0 Å². The molecular formula is C7H9NO2. The molecule has 0 saturated carbocycles. The zero-order chi connectivity index (χ0) is 7.14. The molecule has 1 atom stereocenters. The van der Waals surface area contributed by atoms with Gasteiger partial charge >= 0.3 is 0 Å². The Labute approximate surface area is 59.3 Å². The summed E-state index contributed by atoms with van der Waals surface area (Å²) in [6.45, 7) is 2.64. The van der Waals surface area contributed by atoms with Crippen LogP contribution >= 0.6 is 0 Å². The Morgan fingerprint density at radius 2 is 2.60 bits per heavy atom. The lowest BCUT2D eigenvalue weighted by Crippen LogP contribution is -2.52. The average Bonchev–Trinajstić information content (AvgIpc) is 1.92. The van der Waals surface area contributed by atoms with E-state index in [-0.39, 0.29) is 12.1 Å². The van der Waals surface area contributed by atoms with Crippen molar-refractivity contribution in [1.29, 1.82) is 0 Å². The number of fused-ring (bicyclic) bond motifs is 1. The topological polar surface area (TPSA) is 29.5 Å². The Balaban J connectivity index is 2.18. The fraction of sp³-hybridized carbons (Fsp3) is 0.571. The molecule has 0 aromatic carbocycles. The highest BCUT2D eigenvalue weighted by Crippen LogP contribution is 2.25. The van der Waals surface area contributed by atoms with Crippen molar-refractivity contribution in [2.75, 3.05) is 6.61 Å². The van der Waals surface area contributed by atoms with Crippen molar-refractivity contribution >= 4 is 5.91 Å². The first-order valence-electron chi connectivity index (χ1n) is 3.37. The molecule has 0 bridgehead atoms. The zero-order valence-corrected chi connectivity index (χ0v) is 5.83. The second-order valence-electron chi connectivity index (χ2n) is 2.75. The largest absolute Gasteiger partial charge is 0.353 e. The van der Waals surface area contributed by atoms with Gasteiger partial charge in [0, 0.05) is 6.20 Å². The number of β-lactam (4-membered cyclic amide) rings is 1. The quantitative estimate of drug-likeness (QED) is 0.457. The molecule has 2 aliphatic heterocycles. The highest BCUT2D eigenvalue weighted by molar-refractivity contribution is 5.83. The van der Waals surface area contributed by atoms with Crippen LogP contribution in [-0.2, 0) is 9.53 Å². The SMILES string of the molecule is CC1=CN2C(=O)CC2OC1. The molecule has 0 spiro atoms. The van der Waals surface area contributed by atoms with E-state index in [0.29, 0.717) is 13.0 Å². The molecule has 3 heteroatoms. The molecule has 1 amide bonds. The Morgan fingerprint density at radius 3 is 3.20 bits per heavy atom. The smallest absolute Gasteiger partial charge is 0.233 e. The van der Waals surface area contributed by atoms with Crippen LogP contribution in [0.1, 0.15) is 13.3 Å². The van der Waals surface area contributed by atoms with E-state index in [9.17, 15) is 4.79 Å². The molecule has 1 fully saturated rings. The Hall–Kier alpha value is -0.830. The second kappa shape index (κ2) is 1.83. The Bertz CT molecular complexity index is 210. The van der Waals surface area contributed by atoms with Crippen LogP contribution in [0.4, 0.5) is 0 Å². The lowest BCUT2D eigenvalue weighted by Gasteiger charge is -2.40. The third-order valence-corrected chi connectivity index (χ3v) is 1.81. The van der Waals surface area contributed by atoms with Gasteiger partial charge in [-0.05, 0) is 12.5 Å². The van der Waals surface area contributed by atoms with Gasteiger partial charge in [-0.25, -0.2) is 0 Å². The first-order valence-corrected chi connectivity index (χ1v) is 3.37. The van der Waals surface area contributed by atoms with E-state index in [1.54, 1.807) is 4.90 Å².